The Morgan fingerprint density at radius 1 is 1.02 bits per heavy atom. The predicted molar refractivity (Wildman–Crippen MR) is 173 cm³/mol. The van der Waals surface area contributed by atoms with Crippen LogP contribution in [0.3, 0.4) is 0 Å². The maximum absolute atomic E-state index is 15.4. The molecule has 1 unspecified atom stereocenters. The van der Waals surface area contributed by atoms with Gasteiger partial charge < -0.3 is 19.3 Å². The van der Waals surface area contributed by atoms with Crippen LogP contribution in [0.2, 0.25) is 5.02 Å². The van der Waals surface area contributed by atoms with Gasteiger partial charge in [0.05, 0.1) is 30.3 Å². The van der Waals surface area contributed by atoms with Crippen LogP contribution in [-0.2, 0) is 31.7 Å². The molecule has 10 nitrogen and oxygen atoms in total. The Labute approximate surface area is 270 Å². The summed E-state index contributed by atoms with van der Waals surface area (Å²) in [6.45, 7) is 3.17. The number of carbonyl (C=O) groups excluding carboxylic acids is 2. The molecule has 1 saturated heterocycles. The minimum absolute atomic E-state index is 0.0772. The van der Waals surface area contributed by atoms with Gasteiger partial charge in [0.2, 0.25) is 5.91 Å². The van der Waals surface area contributed by atoms with Crippen LogP contribution in [0.25, 0.3) is 0 Å². The summed E-state index contributed by atoms with van der Waals surface area (Å²) in [6, 6.07) is 15.6. The summed E-state index contributed by atoms with van der Waals surface area (Å²) in [4.78, 5) is 34.3. The first-order chi connectivity index (χ1) is 21.4. The third-order valence-corrected chi connectivity index (χ3v) is 10.2. The molecule has 1 fully saturated rings. The molecular formula is C33H39ClN4O6S. The number of halogens is 1. The number of sulfonamides is 1. The van der Waals surface area contributed by atoms with Gasteiger partial charge in [0.15, 0.2) is 5.54 Å². The zero-order valence-corrected chi connectivity index (χ0v) is 28.0. The standard InChI is InChI=1S/C33H39ClN4O6S/c1-7-44-24-12-14-25(15-13-24)45(41,42)38-28-16-11-23(34)20-26(28)33(32(38)40,37-18-8-9-29(37)31(39)36(4)5)27-19-22(21-35(2)3)10-17-30(27)43-6/h10-17,19-20,29H,7-9,18,21H2,1-6H3/t29?,33-/m0/s1. The molecule has 3 aromatic carbocycles. The smallest absolute Gasteiger partial charge is 0.271 e. The third kappa shape index (κ3) is 5.56. The molecule has 0 radical (unpaired) electrons. The van der Waals surface area contributed by atoms with Gasteiger partial charge in [-0.3, -0.25) is 14.5 Å². The first-order valence-corrected chi connectivity index (χ1v) is 16.6. The van der Waals surface area contributed by atoms with E-state index in [-0.39, 0.29) is 16.5 Å². The SMILES string of the molecule is CCOc1ccc(S(=O)(=O)N2C(=O)[C@](c3cc(CN(C)C)ccc3OC)(N3CCCC3C(=O)N(C)C)c3cc(Cl)ccc32)cc1. The number of anilines is 1. The number of likely N-dealkylation sites (tertiary alicyclic amines) is 1. The lowest BCUT2D eigenvalue weighted by atomic mass is 9.80. The van der Waals surface area contributed by atoms with Crippen molar-refractivity contribution in [1.29, 1.82) is 0 Å². The summed E-state index contributed by atoms with van der Waals surface area (Å²) in [5, 5.41) is 0.323. The number of nitrogens with zero attached hydrogens (tertiary/aromatic N) is 4. The molecular weight excluding hydrogens is 616 g/mol. The molecule has 2 amide bonds. The lowest BCUT2D eigenvalue weighted by Gasteiger charge is -2.42. The maximum Gasteiger partial charge on any atom is 0.271 e. The highest BCUT2D eigenvalue weighted by Crippen LogP contribution is 2.55. The Kier molecular flexibility index (Phi) is 9.19. The highest BCUT2D eigenvalue weighted by molar-refractivity contribution is 7.93. The van der Waals surface area contributed by atoms with Gasteiger partial charge >= 0.3 is 0 Å². The molecule has 0 N–H and O–H groups in total. The molecule has 2 heterocycles. The summed E-state index contributed by atoms with van der Waals surface area (Å²) < 4.78 is 41.2. The van der Waals surface area contributed by atoms with Crippen molar-refractivity contribution in [3.8, 4) is 11.5 Å². The molecule has 5 rings (SSSR count). The van der Waals surface area contributed by atoms with Crippen LogP contribution < -0.4 is 13.8 Å². The van der Waals surface area contributed by atoms with Crippen LogP contribution >= 0.6 is 11.6 Å². The minimum atomic E-state index is -4.44. The quantitative estimate of drug-likeness (QED) is 0.319. The molecule has 2 aliphatic heterocycles. The van der Waals surface area contributed by atoms with E-state index >= 15 is 4.79 Å². The van der Waals surface area contributed by atoms with E-state index in [1.54, 1.807) is 50.5 Å². The molecule has 240 valence electrons. The highest BCUT2D eigenvalue weighted by atomic mass is 35.5. The number of amides is 2. The molecule has 12 heteroatoms. The molecule has 0 spiro atoms. The van der Waals surface area contributed by atoms with Gasteiger partial charge in [0, 0.05) is 43.3 Å². The number of fused-ring (bicyclic) bond motifs is 1. The van der Waals surface area contributed by atoms with Crippen molar-refractivity contribution in [2.24, 2.45) is 0 Å². The van der Waals surface area contributed by atoms with Gasteiger partial charge in [-0.1, -0.05) is 17.7 Å². The van der Waals surface area contributed by atoms with E-state index in [2.05, 4.69) is 0 Å². The average molecular weight is 655 g/mol. The van der Waals surface area contributed by atoms with Crippen LogP contribution in [0.4, 0.5) is 5.69 Å². The highest BCUT2D eigenvalue weighted by Gasteiger charge is 2.63. The second-order valence-electron chi connectivity index (χ2n) is 11.7. The van der Waals surface area contributed by atoms with Gasteiger partial charge in [0.1, 0.15) is 11.5 Å². The first kappa shape index (κ1) is 32.7. The van der Waals surface area contributed by atoms with Gasteiger partial charge in [-0.2, -0.15) is 0 Å². The fraction of sp³-hybridized carbons (Fsp3) is 0.394. The third-order valence-electron chi connectivity index (χ3n) is 8.30. The predicted octanol–water partition coefficient (Wildman–Crippen LogP) is 4.34. The Balaban J connectivity index is 1.84. The lowest BCUT2D eigenvalue weighted by Crippen LogP contribution is -2.59. The van der Waals surface area contributed by atoms with Crippen molar-refractivity contribution >= 4 is 39.1 Å². The van der Waals surface area contributed by atoms with Crippen molar-refractivity contribution in [2.45, 2.75) is 42.8 Å². The van der Waals surface area contributed by atoms with E-state index in [0.29, 0.717) is 60.2 Å². The average Bonchev–Trinajstić information content (AvgIpc) is 3.58. The summed E-state index contributed by atoms with van der Waals surface area (Å²) >= 11 is 6.62. The molecule has 0 aromatic heterocycles. The topological polar surface area (TPSA) is 99.7 Å². The fourth-order valence-corrected chi connectivity index (χ4v) is 8.11. The van der Waals surface area contributed by atoms with Gasteiger partial charge in [0.25, 0.3) is 15.9 Å². The molecule has 2 atom stereocenters. The van der Waals surface area contributed by atoms with Crippen molar-refractivity contribution in [2.75, 3.05) is 52.8 Å². The Morgan fingerprint density at radius 2 is 1.73 bits per heavy atom. The van der Waals surface area contributed by atoms with Crippen LogP contribution in [0.5, 0.6) is 11.5 Å². The number of carbonyl (C=O) groups is 2. The summed E-state index contributed by atoms with van der Waals surface area (Å²) in [6.07, 6.45) is 1.12. The lowest BCUT2D eigenvalue weighted by molar-refractivity contribution is -0.138. The van der Waals surface area contributed by atoms with E-state index in [1.165, 1.54) is 24.1 Å². The van der Waals surface area contributed by atoms with Crippen molar-refractivity contribution in [3.63, 3.8) is 0 Å². The van der Waals surface area contributed by atoms with Gasteiger partial charge in [-0.25, -0.2) is 12.7 Å². The van der Waals surface area contributed by atoms with Crippen LogP contribution in [0, 0.1) is 0 Å². The maximum atomic E-state index is 15.4. The van der Waals surface area contributed by atoms with E-state index in [0.717, 1.165) is 9.87 Å². The summed E-state index contributed by atoms with van der Waals surface area (Å²) in [5.74, 6) is -0.0118. The van der Waals surface area contributed by atoms with E-state index in [9.17, 15) is 13.2 Å². The number of benzene rings is 3. The fourth-order valence-electron chi connectivity index (χ4n) is 6.48. The summed E-state index contributed by atoms with van der Waals surface area (Å²) in [5.41, 5.74) is 0.114. The monoisotopic (exact) mass is 654 g/mol. The number of rotatable bonds is 10. The van der Waals surface area contributed by atoms with E-state index in [4.69, 9.17) is 21.1 Å². The largest absolute Gasteiger partial charge is 0.496 e. The number of methoxy groups -OCH3 is 1. The number of hydrogen-bond donors (Lipinski definition) is 0. The van der Waals surface area contributed by atoms with Gasteiger partial charge in [-0.05, 0) is 94.0 Å². The second kappa shape index (κ2) is 12.6. The number of hydrogen-bond acceptors (Lipinski definition) is 8. The van der Waals surface area contributed by atoms with Crippen LogP contribution in [-0.4, -0.2) is 89.4 Å². The van der Waals surface area contributed by atoms with Crippen molar-refractivity contribution in [3.05, 3.63) is 82.4 Å². The molecule has 45 heavy (non-hydrogen) atoms. The Hall–Kier alpha value is -3.64. The first-order valence-electron chi connectivity index (χ1n) is 14.8. The van der Waals surface area contributed by atoms with E-state index in [1.807, 2.05) is 43.0 Å². The second-order valence-corrected chi connectivity index (χ2v) is 13.9. The molecule has 0 aliphatic carbocycles. The zero-order chi connectivity index (χ0) is 32.7. The minimum Gasteiger partial charge on any atom is -0.496 e. The summed E-state index contributed by atoms with van der Waals surface area (Å²) in [7, 11) is 4.29. The molecule has 0 bridgehead atoms. The van der Waals surface area contributed by atoms with Crippen LogP contribution in [0.1, 0.15) is 36.5 Å². The normalized spacial score (nSPS) is 20.0. The number of ether oxygens (including phenoxy) is 2. The number of likely N-dealkylation sites (N-methyl/N-ethyl adjacent to an activating group) is 1. The zero-order valence-electron chi connectivity index (χ0n) is 26.4. The van der Waals surface area contributed by atoms with Crippen LogP contribution in [0.15, 0.2) is 65.6 Å². The van der Waals surface area contributed by atoms with Crippen molar-refractivity contribution in [1.82, 2.24) is 14.7 Å². The van der Waals surface area contributed by atoms with E-state index < -0.39 is 27.5 Å². The Morgan fingerprint density at radius 3 is 2.36 bits per heavy atom. The van der Waals surface area contributed by atoms with Crippen molar-refractivity contribution < 1.29 is 27.5 Å². The molecule has 0 saturated carbocycles. The molecule has 2 aliphatic rings. The molecule has 3 aromatic rings. The Bertz CT molecular complexity index is 1710. The van der Waals surface area contributed by atoms with Gasteiger partial charge in [-0.15, -0.1) is 0 Å².